The van der Waals surface area contributed by atoms with Crippen LogP contribution in [0.15, 0.2) is 125 Å². The molecular weight excluding hydrogens is 697 g/mol. The molecule has 0 spiro atoms. The predicted octanol–water partition coefficient (Wildman–Crippen LogP) is 8.22. The predicted molar refractivity (Wildman–Crippen MR) is 215 cm³/mol. The molecule has 1 aliphatic heterocycles. The fourth-order valence-electron chi connectivity index (χ4n) is 6.38. The van der Waals surface area contributed by atoms with E-state index < -0.39 is 43.6 Å². The van der Waals surface area contributed by atoms with Crippen LogP contribution in [0, 0.1) is 6.42 Å². The summed E-state index contributed by atoms with van der Waals surface area (Å²) in [4.78, 5) is 29.0. The molecule has 9 nitrogen and oxygen atoms in total. The highest BCUT2D eigenvalue weighted by molar-refractivity contribution is 6.74. The van der Waals surface area contributed by atoms with Crippen molar-refractivity contribution in [1.29, 1.82) is 0 Å². The number of benzene rings is 4. The molecule has 1 N–H and O–H groups in total. The normalized spacial score (nSPS) is 17.9. The molecule has 5 aromatic rings. The average molecular weight is 746 g/mol. The molecule has 0 saturated carbocycles. The summed E-state index contributed by atoms with van der Waals surface area (Å²) in [6.07, 6.45) is 5.00. The summed E-state index contributed by atoms with van der Waals surface area (Å²) < 4.78 is 33.3. The molecule has 54 heavy (non-hydrogen) atoms. The summed E-state index contributed by atoms with van der Waals surface area (Å²) in [5.41, 5.74) is 1.77. The van der Waals surface area contributed by atoms with Gasteiger partial charge in [-0.1, -0.05) is 112 Å². The summed E-state index contributed by atoms with van der Waals surface area (Å²) in [7, 11) is 0.893. The Morgan fingerprint density at radius 1 is 0.759 bits per heavy atom. The van der Waals surface area contributed by atoms with Crippen LogP contribution >= 0.6 is 0 Å². The van der Waals surface area contributed by atoms with Crippen LogP contribution in [0.4, 0.5) is 0 Å². The molecule has 1 radical (unpaired) electrons. The van der Waals surface area contributed by atoms with Crippen LogP contribution in [0.25, 0.3) is 12.2 Å². The number of nitrogens with zero attached hydrogens (tertiary/aromatic N) is 1. The van der Waals surface area contributed by atoms with Crippen LogP contribution in [-0.2, 0) is 19.5 Å². The highest BCUT2D eigenvalue weighted by atomic mass is 28.4. The zero-order chi connectivity index (χ0) is 38.5. The molecule has 0 unspecified atom stereocenters. The van der Waals surface area contributed by atoms with Gasteiger partial charge < -0.3 is 23.4 Å². The summed E-state index contributed by atoms with van der Waals surface area (Å²) >= 11 is 0. The Morgan fingerprint density at radius 2 is 1.30 bits per heavy atom. The van der Waals surface area contributed by atoms with Crippen molar-refractivity contribution in [2.24, 2.45) is 0 Å². The maximum absolute atomic E-state index is 13.5. The molecule has 1 fully saturated rings. The lowest BCUT2D eigenvalue weighted by Gasteiger charge is -2.39. The molecule has 1 aliphatic rings. The number of ether oxygens (including phenoxy) is 4. The van der Waals surface area contributed by atoms with E-state index in [0.29, 0.717) is 5.56 Å². The first-order valence-corrected chi connectivity index (χ1v) is 21.0. The van der Waals surface area contributed by atoms with Gasteiger partial charge in [0.25, 0.3) is 5.56 Å². The van der Waals surface area contributed by atoms with Crippen LogP contribution in [-0.4, -0.2) is 50.9 Å². The molecule has 6 rings (SSSR count). The minimum absolute atomic E-state index is 0.111. The average Bonchev–Trinajstić information content (AvgIpc) is 3.56. The molecule has 3 atom stereocenters. The number of H-pyrrole nitrogens is 1. The van der Waals surface area contributed by atoms with Gasteiger partial charge in [0.15, 0.2) is 14.5 Å². The molecule has 0 amide bonds. The van der Waals surface area contributed by atoms with E-state index in [-0.39, 0.29) is 11.6 Å². The Bertz CT molecular complexity index is 2090. The van der Waals surface area contributed by atoms with Crippen molar-refractivity contribution in [3.8, 4) is 11.5 Å². The van der Waals surface area contributed by atoms with E-state index in [1.807, 2.05) is 122 Å². The second-order valence-electron chi connectivity index (χ2n) is 14.9. The molecule has 1 saturated heterocycles. The second kappa shape index (κ2) is 16.2. The van der Waals surface area contributed by atoms with Crippen molar-refractivity contribution in [3.05, 3.63) is 170 Å². The first kappa shape index (κ1) is 38.7. The van der Waals surface area contributed by atoms with Crippen molar-refractivity contribution in [2.75, 3.05) is 20.8 Å². The Hall–Kier alpha value is -5.00. The summed E-state index contributed by atoms with van der Waals surface area (Å²) in [5, 5.41) is -0.120. The number of hydrogen-bond donors (Lipinski definition) is 1. The Morgan fingerprint density at radius 3 is 1.83 bits per heavy atom. The number of aromatic nitrogens is 2. The molecule has 281 valence electrons. The van der Waals surface area contributed by atoms with Gasteiger partial charge in [-0.25, -0.2) is 4.79 Å². The second-order valence-corrected chi connectivity index (χ2v) is 19.7. The monoisotopic (exact) mass is 745 g/mol. The van der Waals surface area contributed by atoms with Crippen LogP contribution < -0.4 is 20.7 Å². The third-order valence-electron chi connectivity index (χ3n) is 10.4. The summed E-state index contributed by atoms with van der Waals surface area (Å²) in [5.74, 6) is 1.45. The standard InChI is InChI=1S/C44H49N2O7Si/c1-43(2,3)54(6,7)53-39-28-38(52-41(39)46-29-32(40(47)45-42(46)48)19-18-31-14-10-8-11-15-31)30-51-44(33-16-12-9-13-17-33,34-20-24-36(49-4)25-21-34)35-22-26-37(50-5)27-23-35/h8-29,38-39,41H,30H2,1-7H3,(H,45,47,48)/t38-,39-,41-/m1/s1. The van der Waals surface area contributed by atoms with Crippen LogP contribution in [0.5, 0.6) is 11.5 Å². The highest BCUT2D eigenvalue weighted by Crippen LogP contribution is 2.44. The van der Waals surface area contributed by atoms with E-state index in [0.717, 1.165) is 33.8 Å². The maximum Gasteiger partial charge on any atom is 0.330 e. The molecule has 10 heteroatoms. The van der Waals surface area contributed by atoms with E-state index in [9.17, 15) is 9.59 Å². The topological polar surface area (TPSA) is 101 Å². The number of aromatic amines is 1. The zero-order valence-electron chi connectivity index (χ0n) is 31.9. The van der Waals surface area contributed by atoms with Crippen molar-refractivity contribution < 1.29 is 23.4 Å². The van der Waals surface area contributed by atoms with Gasteiger partial charge in [-0.2, -0.15) is 0 Å². The van der Waals surface area contributed by atoms with Crippen LogP contribution in [0.3, 0.4) is 0 Å². The number of nitrogens with one attached hydrogen (secondary N) is 1. The summed E-state index contributed by atoms with van der Waals surface area (Å²) in [6.45, 7) is 10.9. The molecule has 0 bridgehead atoms. The lowest BCUT2D eigenvalue weighted by atomic mass is 9.80. The molecular formula is C44H49N2O7Si. The zero-order valence-corrected chi connectivity index (χ0v) is 32.9. The van der Waals surface area contributed by atoms with Crippen molar-refractivity contribution in [3.63, 3.8) is 0 Å². The number of rotatable bonds is 13. The third kappa shape index (κ3) is 8.22. The van der Waals surface area contributed by atoms with Crippen molar-refractivity contribution in [1.82, 2.24) is 9.55 Å². The highest BCUT2D eigenvalue weighted by Gasteiger charge is 2.47. The van der Waals surface area contributed by atoms with Crippen molar-refractivity contribution >= 4 is 20.5 Å². The number of methoxy groups -OCH3 is 2. The number of hydrogen-bond acceptors (Lipinski definition) is 7. The smallest absolute Gasteiger partial charge is 0.330 e. The lowest BCUT2D eigenvalue weighted by Crippen LogP contribution is -2.46. The SMILES string of the molecule is COc1ccc(C(OC[C@H]2[CH][C@@H](O[Si](C)(C)C(C)(C)C)[C@H](n3cc(C=Cc4ccccc4)c(=O)[nH]c3=O)O2)(c2ccccc2)c2ccc(OC)cc2)cc1. The van der Waals surface area contributed by atoms with E-state index in [1.165, 1.54) is 4.57 Å². The molecule has 2 heterocycles. The Labute approximate surface area is 318 Å². The summed E-state index contributed by atoms with van der Waals surface area (Å²) in [6, 6.07) is 35.4. The quantitative estimate of drug-likeness (QED) is 0.0958. The van der Waals surface area contributed by atoms with Crippen molar-refractivity contribution in [2.45, 2.75) is 62.9 Å². The van der Waals surface area contributed by atoms with Gasteiger partial charge in [-0.05, 0) is 70.7 Å². The van der Waals surface area contributed by atoms with Crippen LogP contribution in [0.2, 0.25) is 18.1 Å². The minimum atomic E-state index is -2.39. The fourth-order valence-corrected chi connectivity index (χ4v) is 7.61. The first-order valence-electron chi connectivity index (χ1n) is 18.1. The fraction of sp³-hybridized carbons (Fsp3) is 0.295. The van der Waals surface area contributed by atoms with E-state index >= 15 is 0 Å². The molecule has 0 aliphatic carbocycles. The van der Waals surface area contributed by atoms with Crippen LogP contribution in [0.1, 0.15) is 54.8 Å². The molecule has 4 aromatic carbocycles. The Kier molecular flexibility index (Phi) is 11.6. The van der Waals surface area contributed by atoms with Gasteiger partial charge in [0, 0.05) is 12.6 Å². The van der Waals surface area contributed by atoms with Gasteiger partial charge >= 0.3 is 5.69 Å². The maximum atomic E-state index is 13.5. The minimum Gasteiger partial charge on any atom is -0.497 e. The molecule has 1 aromatic heterocycles. The van der Waals surface area contributed by atoms with E-state index in [1.54, 1.807) is 26.5 Å². The van der Waals surface area contributed by atoms with Gasteiger partial charge in [0.2, 0.25) is 0 Å². The lowest BCUT2D eigenvalue weighted by molar-refractivity contribution is -0.0845. The third-order valence-corrected chi connectivity index (χ3v) is 14.9. The first-order chi connectivity index (χ1) is 25.8. The van der Waals surface area contributed by atoms with Gasteiger partial charge in [0.1, 0.15) is 17.1 Å². The van der Waals surface area contributed by atoms with Gasteiger partial charge in [-0.15, -0.1) is 0 Å². The van der Waals surface area contributed by atoms with E-state index in [2.05, 4.69) is 38.8 Å². The van der Waals surface area contributed by atoms with Gasteiger partial charge in [-0.3, -0.25) is 14.3 Å². The van der Waals surface area contributed by atoms with E-state index in [4.69, 9.17) is 23.4 Å². The van der Waals surface area contributed by atoms with Gasteiger partial charge in [0.05, 0.1) is 38.6 Å². The largest absolute Gasteiger partial charge is 0.497 e. The Balaban J connectivity index is 1.40.